The van der Waals surface area contributed by atoms with Crippen LogP contribution in [0.5, 0.6) is 0 Å². The van der Waals surface area contributed by atoms with E-state index in [0.717, 1.165) is 11.0 Å². The van der Waals surface area contributed by atoms with E-state index in [2.05, 4.69) is 141 Å². The average molecular weight is 691 g/mol. The van der Waals surface area contributed by atoms with Gasteiger partial charge in [0.1, 0.15) is 0 Å². The molecular weight excluding hydrogens is 659 g/mol. The van der Waals surface area contributed by atoms with Gasteiger partial charge in [0, 0.05) is 45.1 Å². The van der Waals surface area contributed by atoms with Crippen molar-refractivity contribution in [2.24, 2.45) is 0 Å². The summed E-state index contributed by atoms with van der Waals surface area (Å²) in [7, 11) is 0. The van der Waals surface area contributed by atoms with Crippen molar-refractivity contribution in [1.82, 2.24) is 4.98 Å². The molecule has 1 radical (unpaired) electrons. The van der Waals surface area contributed by atoms with Gasteiger partial charge in [-0.3, -0.25) is 0 Å². The fourth-order valence-corrected chi connectivity index (χ4v) is 5.44. The van der Waals surface area contributed by atoms with Crippen LogP contribution in [-0.4, -0.2) is 0 Å². The van der Waals surface area contributed by atoms with Crippen molar-refractivity contribution in [2.45, 2.75) is 27.7 Å². The number of hydrogen-bond acceptors (Lipinski definition) is 2. The second-order valence-corrected chi connectivity index (χ2v) is 10.1. The summed E-state index contributed by atoms with van der Waals surface area (Å²) in [6, 6.07) is 38.2. The summed E-state index contributed by atoms with van der Waals surface area (Å²) in [4.78, 5) is 9.25. The summed E-state index contributed by atoms with van der Waals surface area (Å²) >= 11 is 0. The number of anilines is 4. The van der Waals surface area contributed by atoms with Gasteiger partial charge < -0.3 is 14.8 Å². The number of fused-ring (bicyclic) bond motifs is 4. The summed E-state index contributed by atoms with van der Waals surface area (Å²) in [5, 5.41) is 2.59. The van der Waals surface area contributed by atoms with Crippen LogP contribution in [0.3, 0.4) is 0 Å². The first-order valence-electron chi connectivity index (χ1n) is 13.1. The third-order valence-electron chi connectivity index (χ3n) is 7.10. The Kier molecular flexibility index (Phi) is 7.67. The van der Waals surface area contributed by atoms with E-state index < -0.39 is 0 Å². The zero-order valence-corrected chi connectivity index (χ0v) is 24.8. The molecule has 6 aromatic rings. The number of aromatic nitrogens is 1. The summed E-state index contributed by atoms with van der Waals surface area (Å²) in [5.41, 5.74) is 12.2. The zero-order chi connectivity index (χ0) is 26.2. The molecular formula is C35H31AuN3-2. The monoisotopic (exact) mass is 690 g/mol. The van der Waals surface area contributed by atoms with Crippen molar-refractivity contribution in [1.29, 1.82) is 0 Å². The molecule has 0 saturated carbocycles. The van der Waals surface area contributed by atoms with Crippen molar-refractivity contribution in [2.75, 3.05) is 9.80 Å². The Balaban J connectivity index is 0.000000157. The molecule has 39 heavy (non-hydrogen) atoms. The van der Waals surface area contributed by atoms with Crippen molar-refractivity contribution in [3.63, 3.8) is 0 Å². The fourth-order valence-electron chi connectivity index (χ4n) is 5.44. The molecule has 7 rings (SSSR count). The first kappa shape index (κ1) is 26.8. The molecule has 1 aliphatic rings. The Labute approximate surface area is 246 Å². The second-order valence-electron chi connectivity index (χ2n) is 10.1. The Hall–Kier alpha value is -3.76. The largest absolute Gasteiger partial charge is 0.656 e. The van der Waals surface area contributed by atoms with Crippen LogP contribution < -0.4 is 14.8 Å². The molecule has 0 bridgehead atoms. The Morgan fingerprint density at radius 1 is 0.513 bits per heavy atom. The van der Waals surface area contributed by atoms with E-state index in [9.17, 15) is 0 Å². The third kappa shape index (κ3) is 5.14. The molecule has 0 unspecified atom stereocenters. The van der Waals surface area contributed by atoms with E-state index in [4.69, 9.17) is 4.98 Å². The van der Waals surface area contributed by atoms with E-state index in [0.29, 0.717) is 0 Å². The summed E-state index contributed by atoms with van der Waals surface area (Å²) in [5.74, 6) is 0. The van der Waals surface area contributed by atoms with Crippen molar-refractivity contribution < 1.29 is 22.4 Å². The van der Waals surface area contributed by atoms with Crippen LogP contribution in [0.1, 0.15) is 22.3 Å². The van der Waals surface area contributed by atoms with Crippen LogP contribution in [0.25, 0.3) is 21.8 Å². The SMILES string of the molecule is Cc1cc(C)c2[n-]c3c(C)cc(C)cc3c2c1.[Au].c1ccc(N2[CH-]N(c3ccccc3)c3ccccc32)cc1. The van der Waals surface area contributed by atoms with Crippen LogP contribution in [0.4, 0.5) is 22.7 Å². The summed E-state index contributed by atoms with van der Waals surface area (Å²) in [6.07, 6.45) is 0. The first-order valence-corrected chi connectivity index (χ1v) is 13.1. The van der Waals surface area contributed by atoms with Gasteiger partial charge in [-0.25, -0.2) is 0 Å². The molecule has 0 atom stereocenters. The topological polar surface area (TPSA) is 20.6 Å². The molecule has 4 heteroatoms. The van der Waals surface area contributed by atoms with Crippen LogP contribution in [0.15, 0.2) is 109 Å². The third-order valence-corrected chi connectivity index (χ3v) is 7.10. The molecule has 0 amide bonds. The van der Waals surface area contributed by atoms with Gasteiger partial charge in [-0.2, -0.15) is 0 Å². The predicted octanol–water partition coefficient (Wildman–Crippen LogP) is 9.28. The Morgan fingerprint density at radius 2 is 0.897 bits per heavy atom. The number of rotatable bonds is 2. The molecule has 0 N–H and O–H groups in total. The molecule has 2 heterocycles. The van der Waals surface area contributed by atoms with E-state index in [1.165, 1.54) is 55.8 Å². The predicted molar refractivity (Wildman–Crippen MR) is 162 cm³/mol. The molecule has 3 nitrogen and oxygen atoms in total. The van der Waals surface area contributed by atoms with Gasteiger partial charge in [0.25, 0.3) is 0 Å². The normalized spacial score (nSPS) is 12.2. The Morgan fingerprint density at radius 3 is 1.31 bits per heavy atom. The van der Waals surface area contributed by atoms with Crippen molar-refractivity contribution >= 4 is 44.6 Å². The maximum Gasteiger partial charge on any atom is 0.0345 e. The average Bonchev–Trinajstić information content (AvgIpc) is 3.50. The van der Waals surface area contributed by atoms with Crippen LogP contribution >= 0.6 is 0 Å². The molecule has 5 aromatic carbocycles. The summed E-state index contributed by atoms with van der Waals surface area (Å²) < 4.78 is 0. The van der Waals surface area contributed by atoms with Gasteiger partial charge >= 0.3 is 0 Å². The minimum absolute atomic E-state index is 0. The van der Waals surface area contributed by atoms with E-state index >= 15 is 0 Å². The van der Waals surface area contributed by atoms with Gasteiger partial charge in [-0.1, -0.05) is 95.1 Å². The van der Waals surface area contributed by atoms with Gasteiger partial charge in [0.15, 0.2) is 0 Å². The maximum atomic E-state index is 4.80. The fraction of sp³-hybridized carbons (Fsp3) is 0.114. The molecule has 0 spiro atoms. The van der Waals surface area contributed by atoms with Crippen LogP contribution in [0.2, 0.25) is 0 Å². The summed E-state index contributed by atoms with van der Waals surface area (Å²) in [6.45, 7) is 10.7. The number of hydrogen-bond donors (Lipinski definition) is 0. The molecule has 1 aromatic heterocycles. The minimum atomic E-state index is 0. The number of para-hydroxylation sites is 4. The minimum Gasteiger partial charge on any atom is -0.656 e. The Bertz CT molecular complexity index is 1610. The van der Waals surface area contributed by atoms with Gasteiger partial charge in [-0.05, 0) is 74.9 Å². The molecule has 1 aliphatic heterocycles. The van der Waals surface area contributed by atoms with Crippen molar-refractivity contribution in [3.05, 3.63) is 138 Å². The van der Waals surface area contributed by atoms with Gasteiger partial charge in [-0.15, -0.1) is 17.7 Å². The van der Waals surface area contributed by atoms with Gasteiger partial charge in [0.2, 0.25) is 0 Å². The van der Waals surface area contributed by atoms with E-state index in [-0.39, 0.29) is 22.4 Å². The van der Waals surface area contributed by atoms with Gasteiger partial charge in [0.05, 0.1) is 0 Å². The van der Waals surface area contributed by atoms with Crippen LogP contribution in [0, 0.1) is 34.4 Å². The molecule has 0 saturated heterocycles. The number of aryl methyl sites for hydroxylation is 4. The molecule has 0 fully saturated rings. The second kappa shape index (κ2) is 11.2. The quantitative estimate of drug-likeness (QED) is 0.134. The maximum absolute atomic E-state index is 4.80. The zero-order valence-electron chi connectivity index (χ0n) is 22.6. The molecule has 0 aliphatic carbocycles. The first-order chi connectivity index (χ1) is 18.5. The number of nitrogens with zero attached hydrogens (tertiary/aromatic N) is 3. The standard InChI is InChI=1S/C19H15N2.C16H16N.Au/c1-3-9-16(10-4-1)20-15-21(17-11-5-2-6-12-17)19-14-8-7-13-18(19)20;1-9-5-11(3)15-13(7-9)14-8-10(2)6-12(4)16(14)17-15;/h1-15H;5-8H,1-4H3;/q2*-1;. The van der Waals surface area contributed by atoms with E-state index in [1.807, 2.05) is 12.1 Å². The van der Waals surface area contributed by atoms with Crippen LogP contribution in [-0.2, 0) is 22.4 Å². The molecule has 199 valence electrons. The number of benzene rings is 5. The van der Waals surface area contributed by atoms with E-state index in [1.54, 1.807) is 0 Å². The smallest absolute Gasteiger partial charge is 0.0345 e. The van der Waals surface area contributed by atoms with Crippen molar-refractivity contribution in [3.8, 4) is 0 Å².